The molecule has 2 saturated heterocycles. The Bertz CT molecular complexity index is 846. The number of likely N-dealkylation sites (tertiary alicyclic amines) is 2. The number of hydrogen-bond acceptors (Lipinski definition) is 3. The van der Waals surface area contributed by atoms with Crippen LogP contribution in [0.15, 0.2) is 54.6 Å². The highest BCUT2D eigenvalue weighted by atomic mass is 16.5. The Labute approximate surface area is 172 Å². The lowest BCUT2D eigenvalue weighted by Crippen LogP contribution is -2.41. The number of carbonyl (C=O) groups is 2. The maximum absolute atomic E-state index is 12.7. The zero-order valence-corrected chi connectivity index (χ0v) is 16.8. The first-order chi connectivity index (χ1) is 14.2. The first kappa shape index (κ1) is 19.5. The van der Waals surface area contributed by atoms with Gasteiger partial charge in [0.15, 0.2) is 0 Å². The minimum atomic E-state index is 0.0882. The molecule has 5 nitrogen and oxygen atoms in total. The standard InChI is InChI=1S/C24H28N2O3/c27-23(20-9-2-1-3-10-20)26-15-7-8-19(17-26)18-29-22-12-6-11-21(16-22)24(28)25-13-4-5-14-25/h1-3,6,9-12,16,19H,4-5,7-8,13-15,17-18H2. The van der Waals surface area contributed by atoms with Gasteiger partial charge in [-0.3, -0.25) is 9.59 Å². The fraction of sp³-hybridized carbons (Fsp3) is 0.417. The highest BCUT2D eigenvalue weighted by Gasteiger charge is 2.25. The number of benzene rings is 2. The van der Waals surface area contributed by atoms with Crippen LogP contribution >= 0.6 is 0 Å². The molecule has 2 aromatic rings. The van der Waals surface area contributed by atoms with Gasteiger partial charge in [-0.05, 0) is 56.0 Å². The monoisotopic (exact) mass is 392 g/mol. The van der Waals surface area contributed by atoms with Crippen LogP contribution in [0.3, 0.4) is 0 Å². The lowest BCUT2D eigenvalue weighted by Gasteiger charge is -2.32. The Kier molecular flexibility index (Phi) is 6.13. The molecule has 0 radical (unpaired) electrons. The fourth-order valence-electron chi connectivity index (χ4n) is 4.18. The van der Waals surface area contributed by atoms with E-state index >= 15 is 0 Å². The van der Waals surface area contributed by atoms with Crippen molar-refractivity contribution in [3.8, 4) is 5.75 Å². The van der Waals surface area contributed by atoms with Gasteiger partial charge in [0.25, 0.3) is 11.8 Å². The molecule has 2 fully saturated rings. The van der Waals surface area contributed by atoms with Crippen LogP contribution in [0.25, 0.3) is 0 Å². The number of amides is 2. The molecule has 5 heteroatoms. The predicted octanol–water partition coefficient (Wildman–Crippen LogP) is 3.85. The first-order valence-corrected chi connectivity index (χ1v) is 10.6. The number of piperidine rings is 1. The molecule has 2 aliphatic heterocycles. The molecule has 0 saturated carbocycles. The zero-order valence-electron chi connectivity index (χ0n) is 16.8. The van der Waals surface area contributed by atoms with Crippen LogP contribution in [0.1, 0.15) is 46.4 Å². The second-order valence-corrected chi connectivity index (χ2v) is 7.96. The maximum atomic E-state index is 12.7. The first-order valence-electron chi connectivity index (χ1n) is 10.6. The summed E-state index contributed by atoms with van der Waals surface area (Å²) in [6.07, 6.45) is 4.20. The Balaban J connectivity index is 1.33. The maximum Gasteiger partial charge on any atom is 0.253 e. The summed E-state index contributed by atoms with van der Waals surface area (Å²) in [6, 6.07) is 16.9. The van der Waals surface area contributed by atoms with Crippen LogP contribution in [0, 0.1) is 5.92 Å². The molecular formula is C24H28N2O3. The van der Waals surface area contributed by atoms with Gasteiger partial charge in [-0.15, -0.1) is 0 Å². The van der Waals surface area contributed by atoms with Gasteiger partial charge < -0.3 is 14.5 Å². The van der Waals surface area contributed by atoms with Crippen LogP contribution in [0.5, 0.6) is 5.75 Å². The van der Waals surface area contributed by atoms with Crippen molar-refractivity contribution in [3.63, 3.8) is 0 Å². The summed E-state index contributed by atoms with van der Waals surface area (Å²) >= 11 is 0. The Morgan fingerprint density at radius 1 is 0.828 bits per heavy atom. The van der Waals surface area contributed by atoms with Crippen molar-refractivity contribution in [3.05, 3.63) is 65.7 Å². The summed E-state index contributed by atoms with van der Waals surface area (Å²) in [4.78, 5) is 29.1. The van der Waals surface area contributed by atoms with Gasteiger partial charge in [-0.2, -0.15) is 0 Å². The van der Waals surface area contributed by atoms with Crippen molar-refractivity contribution in [1.29, 1.82) is 0 Å². The molecule has 2 aliphatic rings. The normalized spacial score (nSPS) is 19.2. The van der Waals surface area contributed by atoms with Gasteiger partial charge in [0.2, 0.25) is 0 Å². The smallest absolute Gasteiger partial charge is 0.253 e. The van der Waals surface area contributed by atoms with Crippen LogP contribution in [-0.4, -0.2) is 54.4 Å². The van der Waals surface area contributed by atoms with E-state index in [1.165, 1.54) is 0 Å². The second kappa shape index (κ2) is 9.12. The number of carbonyl (C=O) groups excluding carboxylic acids is 2. The lowest BCUT2D eigenvalue weighted by molar-refractivity contribution is 0.0632. The SMILES string of the molecule is O=C(c1cccc(OCC2CCCN(C(=O)c3ccccc3)C2)c1)N1CCCC1. The van der Waals surface area contributed by atoms with E-state index in [9.17, 15) is 9.59 Å². The summed E-state index contributed by atoms with van der Waals surface area (Å²) in [7, 11) is 0. The van der Waals surface area contributed by atoms with Crippen LogP contribution < -0.4 is 4.74 Å². The Morgan fingerprint density at radius 2 is 1.52 bits per heavy atom. The molecule has 0 aromatic heterocycles. The second-order valence-electron chi connectivity index (χ2n) is 7.96. The molecule has 4 rings (SSSR count). The molecule has 0 N–H and O–H groups in total. The van der Waals surface area contributed by atoms with Crippen molar-refractivity contribution in [2.75, 3.05) is 32.8 Å². The van der Waals surface area contributed by atoms with Gasteiger partial charge in [-0.1, -0.05) is 24.3 Å². The van der Waals surface area contributed by atoms with Gasteiger partial charge in [-0.25, -0.2) is 0 Å². The van der Waals surface area contributed by atoms with Gasteiger partial charge >= 0.3 is 0 Å². The van der Waals surface area contributed by atoms with E-state index in [4.69, 9.17) is 4.74 Å². The highest BCUT2D eigenvalue weighted by molar-refractivity contribution is 5.95. The third kappa shape index (κ3) is 4.78. The third-order valence-electron chi connectivity index (χ3n) is 5.79. The van der Waals surface area contributed by atoms with Crippen LogP contribution in [0.4, 0.5) is 0 Å². The molecule has 0 aliphatic carbocycles. The van der Waals surface area contributed by atoms with Crippen molar-refractivity contribution in [1.82, 2.24) is 9.80 Å². The summed E-state index contributed by atoms with van der Waals surface area (Å²) in [5.41, 5.74) is 1.43. The molecule has 2 heterocycles. The quantitative estimate of drug-likeness (QED) is 0.777. The minimum absolute atomic E-state index is 0.0882. The molecule has 2 amide bonds. The lowest BCUT2D eigenvalue weighted by atomic mass is 9.98. The van der Waals surface area contributed by atoms with Gasteiger partial charge in [0, 0.05) is 43.2 Å². The van der Waals surface area contributed by atoms with E-state index in [1.54, 1.807) is 0 Å². The van der Waals surface area contributed by atoms with Crippen molar-refractivity contribution in [2.45, 2.75) is 25.7 Å². The summed E-state index contributed by atoms with van der Waals surface area (Å²) in [5.74, 6) is 1.20. The molecule has 0 bridgehead atoms. The molecular weight excluding hydrogens is 364 g/mol. The number of ether oxygens (including phenoxy) is 1. The van der Waals surface area contributed by atoms with Crippen molar-refractivity contribution >= 4 is 11.8 Å². The van der Waals surface area contributed by atoms with Crippen molar-refractivity contribution in [2.24, 2.45) is 5.92 Å². The molecule has 1 unspecified atom stereocenters. The Hall–Kier alpha value is -2.82. The highest BCUT2D eigenvalue weighted by Crippen LogP contribution is 2.22. The van der Waals surface area contributed by atoms with E-state index in [1.807, 2.05) is 64.4 Å². The summed E-state index contributed by atoms with van der Waals surface area (Å²) in [5, 5.41) is 0. The van der Waals surface area contributed by atoms with Gasteiger partial charge in [0.05, 0.1) is 6.61 Å². The molecule has 29 heavy (non-hydrogen) atoms. The molecule has 2 aromatic carbocycles. The largest absolute Gasteiger partial charge is 0.493 e. The van der Waals surface area contributed by atoms with E-state index in [0.717, 1.165) is 56.6 Å². The fourth-order valence-corrected chi connectivity index (χ4v) is 4.18. The summed E-state index contributed by atoms with van der Waals surface area (Å²) in [6.45, 7) is 3.75. The number of hydrogen-bond donors (Lipinski definition) is 0. The van der Waals surface area contributed by atoms with Crippen LogP contribution in [-0.2, 0) is 0 Å². The van der Waals surface area contributed by atoms with Crippen LogP contribution in [0.2, 0.25) is 0 Å². The van der Waals surface area contributed by atoms with E-state index in [-0.39, 0.29) is 11.8 Å². The van der Waals surface area contributed by atoms with Crippen molar-refractivity contribution < 1.29 is 14.3 Å². The minimum Gasteiger partial charge on any atom is -0.493 e. The average Bonchev–Trinajstić information content (AvgIpc) is 3.33. The predicted molar refractivity (Wildman–Crippen MR) is 112 cm³/mol. The zero-order chi connectivity index (χ0) is 20.1. The van der Waals surface area contributed by atoms with E-state index < -0.39 is 0 Å². The Morgan fingerprint density at radius 3 is 2.31 bits per heavy atom. The number of nitrogens with zero attached hydrogens (tertiary/aromatic N) is 2. The molecule has 1 atom stereocenters. The number of rotatable bonds is 5. The van der Waals surface area contributed by atoms with Gasteiger partial charge in [0.1, 0.15) is 5.75 Å². The topological polar surface area (TPSA) is 49.9 Å². The molecule has 0 spiro atoms. The third-order valence-corrected chi connectivity index (χ3v) is 5.79. The van der Waals surface area contributed by atoms with E-state index in [2.05, 4.69) is 0 Å². The molecule has 152 valence electrons. The summed E-state index contributed by atoms with van der Waals surface area (Å²) < 4.78 is 6.02. The average molecular weight is 392 g/mol. The van der Waals surface area contributed by atoms with E-state index in [0.29, 0.717) is 24.6 Å².